The van der Waals surface area contributed by atoms with E-state index in [4.69, 9.17) is 0 Å². The van der Waals surface area contributed by atoms with Crippen LogP contribution in [0.25, 0.3) is 0 Å². The van der Waals surface area contributed by atoms with Crippen LogP contribution in [-0.4, -0.2) is 37.6 Å². The lowest BCUT2D eigenvalue weighted by Gasteiger charge is -2.17. The van der Waals surface area contributed by atoms with E-state index in [9.17, 15) is 0 Å². The van der Waals surface area contributed by atoms with Gasteiger partial charge in [0.25, 0.3) is 0 Å². The maximum Gasteiger partial charge on any atom is -0.00190 e. The third-order valence-electron chi connectivity index (χ3n) is 2.47. The summed E-state index contributed by atoms with van der Waals surface area (Å²) >= 11 is 0. The summed E-state index contributed by atoms with van der Waals surface area (Å²) < 4.78 is 0. The van der Waals surface area contributed by atoms with E-state index in [2.05, 4.69) is 31.0 Å². The minimum absolute atomic E-state index is 1.11. The van der Waals surface area contributed by atoms with Crippen LogP contribution in [0.3, 0.4) is 0 Å². The molecule has 0 aliphatic heterocycles. The Kier molecular flexibility index (Phi) is 9.94. The zero-order valence-electron chi connectivity index (χ0n) is 9.60. The number of hydrogen-bond acceptors (Lipinski definition) is 2. The number of rotatable bonds is 9. The van der Waals surface area contributed by atoms with Gasteiger partial charge in [-0.05, 0) is 45.6 Å². The summed E-state index contributed by atoms with van der Waals surface area (Å²) in [4.78, 5) is 2.49. The van der Waals surface area contributed by atoms with Crippen molar-refractivity contribution in [3.05, 3.63) is 0 Å². The third-order valence-corrected chi connectivity index (χ3v) is 2.47. The van der Waals surface area contributed by atoms with E-state index in [1.54, 1.807) is 0 Å². The van der Waals surface area contributed by atoms with Gasteiger partial charge in [-0.3, -0.25) is 0 Å². The average molecular weight is 186 g/mol. The predicted octanol–water partition coefficient (Wildman–Crippen LogP) is 2.11. The minimum Gasteiger partial charge on any atom is -0.317 e. The molecule has 0 unspecified atom stereocenters. The fourth-order valence-corrected chi connectivity index (χ4v) is 1.48. The average Bonchev–Trinajstić information content (AvgIpc) is 2.17. The van der Waals surface area contributed by atoms with Crippen molar-refractivity contribution < 1.29 is 0 Å². The second kappa shape index (κ2) is 10.0. The summed E-state index contributed by atoms with van der Waals surface area (Å²) in [7, 11) is 0. The van der Waals surface area contributed by atoms with Gasteiger partial charge in [-0.15, -0.1) is 0 Å². The van der Waals surface area contributed by atoms with Gasteiger partial charge in [0.2, 0.25) is 0 Å². The lowest BCUT2D eigenvalue weighted by molar-refractivity contribution is 0.295. The monoisotopic (exact) mass is 186 g/mol. The van der Waals surface area contributed by atoms with Gasteiger partial charge in [-0.1, -0.05) is 27.2 Å². The van der Waals surface area contributed by atoms with Gasteiger partial charge in [0.15, 0.2) is 0 Å². The van der Waals surface area contributed by atoms with Crippen LogP contribution in [0.5, 0.6) is 0 Å². The minimum atomic E-state index is 1.11. The van der Waals surface area contributed by atoms with Crippen LogP contribution in [0.4, 0.5) is 0 Å². The van der Waals surface area contributed by atoms with Crippen molar-refractivity contribution in [2.24, 2.45) is 0 Å². The van der Waals surface area contributed by atoms with Crippen LogP contribution in [-0.2, 0) is 0 Å². The molecule has 0 aromatic carbocycles. The molecule has 0 saturated carbocycles. The lowest BCUT2D eigenvalue weighted by Crippen LogP contribution is -2.24. The molecule has 0 rings (SSSR count). The second-order valence-electron chi connectivity index (χ2n) is 3.44. The summed E-state index contributed by atoms with van der Waals surface area (Å²) in [5.41, 5.74) is 0. The molecule has 0 aromatic heterocycles. The number of unbranched alkanes of at least 4 members (excludes halogenated alkanes) is 2. The van der Waals surface area contributed by atoms with E-state index in [0.717, 1.165) is 6.54 Å². The zero-order valence-corrected chi connectivity index (χ0v) is 9.60. The maximum atomic E-state index is 3.35. The summed E-state index contributed by atoms with van der Waals surface area (Å²) in [6.45, 7) is 12.6. The van der Waals surface area contributed by atoms with E-state index in [-0.39, 0.29) is 0 Å². The van der Waals surface area contributed by atoms with Crippen molar-refractivity contribution in [3.63, 3.8) is 0 Å². The SMILES string of the molecule is CCNCCCCCN(CC)CC. The Hall–Kier alpha value is -0.0800. The van der Waals surface area contributed by atoms with Crippen LogP contribution in [0.2, 0.25) is 0 Å². The van der Waals surface area contributed by atoms with Gasteiger partial charge in [-0.2, -0.15) is 0 Å². The van der Waals surface area contributed by atoms with Gasteiger partial charge in [0.05, 0.1) is 0 Å². The fraction of sp³-hybridized carbons (Fsp3) is 1.00. The standard InChI is InChI=1S/C11H26N2/c1-4-12-10-8-7-9-11-13(5-2)6-3/h12H,4-11H2,1-3H3. The molecule has 2 nitrogen and oxygen atoms in total. The number of nitrogens with zero attached hydrogens (tertiary/aromatic N) is 1. The van der Waals surface area contributed by atoms with E-state index >= 15 is 0 Å². The van der Waals surface area contributed by atoms with E-state index in [1.165, 1.54) is 45.4 Å². The molecule has 0 heterocycles. The highest BCUT2D eigenvalue weighted by Gasteiger charge is 1.97. The quantitative estimate of drug-likeness (QED) is 0.555. The Bertz CT molecular complexity index is 90.1. The first kappa shape index (κ1) is 12.9. The summed E-state index contributed by atoms with van der Waals surface area (Å²) in [5, 5.41) is 3.35. The third kappa shape index (κ3) is 8.26. The molecular weight excluding hydrogens is 160 g/mol. The lowest BCUT2D eigenvalue weighted by atomic mass is 10.2. The summed E-state index contributed by atoms with van der Waals surface area (Å²) in [6.07, 6.45) is 4.05. The molecule has 0 spiro atoms. The zero-order chi connectivity index (χ0) is 9.94. The predicted molar refractivity (Wildman–Crippen MR) is 60.2 cm³/mol. The van der Waals surface area contributed by atoms with Crippen molar-refractivity contribution in [1.29, 1.82) is 0 Å². The molecule has 0 bridgehead atoms. The summed E-state index contributed by atoms with van der Waals surface area (Å²) in [5.74, 6) is 0. The normalized spacial score (nSPS) is 11.1. The Balaban J connectivity index is 3.05. The molecule has 0 amide bonds. The van der Waals surface area contributed by atoms with Gasteiger partial charge in [0, 0.05) is 0 Å². The molecule has 80 valence electrons. The molecule has 0 radical (unpaired) electrons. The Morgan fingerprint density at radius 2 is 1.62 bits per heavy atom. The van der Waals surface area contributed by atoms with Crippen molar-refractivity contribution in [1.82, 2.24) is 10.2 Å². The van der Waals surface area contributed by atoms with Gasteiger partial charge >= 0.3 is 0 Å². The first-order chi connectivity index (χ1) is 6.35. The van der Waals surface area contributed by atoms with Gasteiger partial charge in [0.1, 0.15) is 0 Å². The first-order valence-electron chi connectivity index (χ1n) is 5.78. The Morgan fingerprint density at radius 3 is 2.15 bits per heavy atom. The van der Waals surface area contributed by atoms with Crippen LogP contribution in [0.15, 0.2) is 0 Å². The molecule has 0 aromatic rings. The molecule has 1 N–H and O–H groups in total. The topological polar surface area (TPSA) is 15.3 Å². The molecule has 0 fully saturated rings. The van der Waals surface area contributed by atoms with E-state index in [0.29, 0.717) is 0 Å². The molecule has 0 aliphatic carbocycles. The van der Waals surface area contributed by atoms with Crippen LogP contribution in [0, 0.1) is 0 Å². The molecule has 13 heavy (non-hydrogen) atoms. The van der Waals surface area contributed by atoms with E-state index in [1.807, 2.05) is 0 Å². The van der Waals surface area contributed by atoms with Crippen molar-refractivity contribution in [2.45, 2.75) is 40.0 Å². The van der Waals surface area contributed by atoms with Gasteiger partial charge in [-0.25, -0.2) is 0 Å². The second-order valence-corrected chi connectivity index (χ2v) is 3.44. The molecule has 0 aliphatic rings. The summed E-state index contributed by atoms with van der Waals surface area (Å²) in [6, 6.07) is 0. The van der Waals surface area contributed by atoms with Crippen LogP contribution >= 0.6 is 0 Å². The molecule has 0 atom stereocenters. The van der Waals surface area contributed by atoms with Crippen molar-refractivity contribution in [2.75, 3.05) is 32.7 Å². The molecule has 0 saturated heterocycles. The van der Waals surface area contributed by atoms with Crippen molar-refractivity contribution in [3.8, 4) is 0 Å². The highest BCUT2D eigenvalue weighted by Crippen LogP contribution is 1.97. The Morgan fingerprint density at radius 1 is 0.923 bits per heavy atom. The van der Waals surface area contributed by atoms with E-state index < -0.39 is 0 Å². The van der Waals surface area contributed by atoms with Crippen LogP contribution < -0.4 is 5.32 Å². The molecule has 2 heteroatoms. The largest absolute Gasteiger partial charge is 0.317 e. The van der Waals surface area contributed by atoms with Crippen molar-refractivity contribution >= 4 is 0 Å². The van der Waals surface area contributed by atoms with Gasteiger partial charge < -0.3 is 10.2 Å². The highest BCUT2D eigenvalue weighted by molar-refractivity contribution is 4.53. The first-order valence-corrected chi connectivity index (χ1v) is 5.78. The number of nitrogens with one attached hydrogen (secondary N) is 1. The number of hydrogen-bond donors (Lipinski definition) is 1. The van der Waals surface area contributed by atoms with Crippen LogP contribution in [0.1, 0.15) is 40.0 Å². The highest BCUT2D eigenvalue weighted by atomic mass is 15.1. The fourth-order valence-electron chi connectivity index (χ4n) is 1.48. The smallest absolute Gasteiger partial charge is 0.00190 e. The molecular formula is C11H26N2. The maximum absolute atomic E-state index is 3.35. The Labute approximate surface area is 83.7 Å².